The summed E-state index contributed by atoms with van der Waals surface area (Å²) in [4.78, 5) is 28.5. The fourth-order valence-electron chi connectivity index (χ4n) is 4.42. The molecule has 3 aromatic carbocycles. The molecule has 0 bridgehead atoms. The number of hydrogen-bond acceptors (Lipinski definition) is 4. The number of amides is 2. The van der Waals surface area contributed by atoms with E-state index in [-0.39, 0.29) is 39.6 Å². The molecule has 0 saturated heterocycles. The second-order valence-corrected chi connectivity index (χ2v) is 13.0. The highest BCUT2D eigenvalue weighted by molar-refractivity contribution is 7.92. The number of halogens is 5. The van der Waals surface area contributed by atoms with Crippen LogP contribution in [0.25, 0.3) is 0 Å². The standard InChI is InChI=1S/C31H34Cl2F3N3O4S/c1-5-21(4)37-30(41)28(6-2)38(18-25-26(32)11-8-12-27(25)33)29(40)19-39(23-10-7-9-22(17-23)31(34,35)36)44(42,43)24-15-13-20(3)14-16-24/h7-17,21,28H,5-6,18-19H2,1-4H3,(H,37,41)/t21-,28-/m0/s1. The summed E-state index contributed by atoms with van der Waals surface area (Å²) >= 11 is 12.8. The molecule has 238 valence electrons. The van der Waals surface area contributed by atoms with Crippen molar-refractivity contribution in [2.24, 2.45) is 0 Å². The van der Waals surface area contributed by atoms with E-state index in [1.807, 2.05) is 6.92 Å². The van der Waals surface area contributed by atoms with Gasteiger partial charge in [0.1, 0.15) is 12.6 Å². The molecule has 0 unspecified atom stereocenters. The van der Waals surface area contributed by atoms with Crippen molar-refractivity contribution in [1.82, 2.24) is 10.2 Å². The predicted octanol–water partition coefficient (Wildman–Crippen LogP) is 7.24. The minimum atomic E-state index is -4.77. The lowest BCUT2D eigenvalue weighted by molar-refractivity contribution is -0.140. The van der Waals surface area contributed by atoms with Crippen LogP contribution in [0.1, 0.15) is 50.3 Å². The van der Waals surface area contributed by atoms with E-state index in [1.165, 1.54) is 30.3 Å². The third-order valence-corrected chi connectivity index (χ3v) is 9.62. The maximum Gasteiger partial charge on any atom is 0.416 e. The van der Waals surface area contributed by atoms with Crippen LogP contribution in [0.2, 0.25) is 10.0 Å². The molecule has 0 heterocycles. The zero-order valence-corrected chi connectivity index (χ0v) is 27.0. The summed E-state index contributed by atoms with van der Waals surface area (Å²) in [6.07, 6.45) is -4.01. The van der Waals surface area contributed by atoms with Gasteiger partial charge in [-0.3, -0.25) is 13.9 Å². The highest BCUT2D eigenvalue weighted by Gasteiger charge is 2.36. The van der Waals surface area contributed by atoms with E-state index < -0.39 is 46.2 Å². The summed E-state index contributed by atoms with van der Waals surface area (Å²) in [5.41, 5.74) is -0.385. The average Bonchev–Trinajstić information content (AvgIpc) is 2.96. The van der Waals surface area contributed by atoms with Crippen molar-refractivity contribution in [2.75, 3.05) is 10.8 Å². The van der Waals surface area contributed by atoms with Crippen LogP contribution in [0.5, 0.6) is 0 Å². The number of benzene rings is 3. The van der Waals surface area contributed by atoms with Gasteiger partial charge in [0, 0.05) is 28.2 Å². The summed E-state index contributed by atoms with van der Waals surface area (Å²) in [6.45, 7) is 5.93. The Hall–Kier alpha value is -3.28. The Morgan fingerprint density at radius 1 is 0.932 bits per heavy atom. The third-order valence-electron chi connectivity index (χ3n) is 7.13. The first-order valence-electron chi connectivity index (χ1n) is 13.9. The fourth-order valence-corrected chi connectivity index (χ4v) is 6.34. The van der Waals surface area contributed by atoms with Gasteiger partial charge in [0.05, 0.1) is 16.1 Å². The number of nitrogens with zero attached hydrogens (tertiary/aromatic N) is 2. The van der Waals surface area contributed by atoms with E-state index >= 15 is 0 Å². The smallest absolute Gasteiger partial charge is 0.352 e. The van der Waals surface area contributed by atoms with Gasteiger partial charge in [-0.25, -0.2) is 8.42 Å². The molecule has 1 N–H and O–H groups in total. The Bertz CT molecular complexity index is 1560. The molecule has 0 spiro atoms. The topological polar surface area (TPSA) is 86.8 Å². The number of anilines is 1. The van der Waals surface area contributed by atoms with Crippen molar-refractivity contribution in [3.8, 4) is 0 Å². The first-order chi connectivity index (χ1) is 20.6. The molecule has 3 rings (SSSR count). The normalized spacial score (nSPS) is 13.2. The maximum atomic E-state index is 14.2. The Labute approximate surface area is 266 Å². The largest absolute Gasteiger partial charge is 0.416 e. The Kier molecular flexibility index (Phi) is 11.7. The summed E-state index contributed by atoms with van der Waals surface area (Å²) < 4.78 is 69.5. The van der Waals surface area contributed by atoms with Crippen LogP contribution in [0.15, 0.2) is 71.6 Å². The minimum absolute atomic E-state index is 0.143. The molecule has 44 heavy (non-hydrogen) atoms. The van der Waals surface area contributed by atoms with Gasteiger partial charge in [0.15, 0.2) is 0 Å². The second-order valence-electron chi connectivity index (χ2n) is 10.3. The van der Waals surface area contributed by atoms with Crippen LogP contribution >= 0.6 is 23.2 Å². The summed E-state index contributed by atoms with van der Waals surface area (Å²) in [5.74, 6) is -1.33. The summed E-state index contributed by atoms with van der Waals surface area (Å²) in [6, 6.07) is 12.8. The van der Waals surface area contributed by atoms with Crippen LogP contribution in [0.4, 0.5) is 18.9 Å². The van der Waals surface area contributed by atoms with Crippen LogP contribution in [-0.2, 0) is 32.3 Å². The predicted molar refractivity (Wildman–Crippen MR) is 166 cm³/mol. The minimum Gasteiger partial charge on any atom is -0.352 e. The maximum absolute atomic E-state index is 14.2. The number of nitrogens with one attached hydrogen (secondary N) is 1. The van der Waals surface area contributed by atoms with E-state index in [1.54, 1.807) is 39.0 Å². The molecule has 0 aliphatic rings. The van der Waals surface area contributed by atoms with Crippen molar-refractivity contribution in [3.05, 3.63) is 93.5 Å². The van der Waals surface area contributed by atoms with E-state index in [0.29, 0.717) is 22.4 Å². The Morgan fingerprint density at radius 3 is 2.07 bits per heavy atom. The van der Waals surface area contributed by atoms with Crippen molar-refractivity contribution in [2.45, 2.75) is 70.2 Å². The van der Waals surface area contributed by atoms with Crippen LogP contribution in [-0.4, -0.2) is 43.8 Å². The zero-order chi connectivity index (χ0) is 32.8. The molecule has 0 fully saturated rings. The van der Waals surface area contributed by atoms with Crippen LogP contribution < -0.4 is 9.62 Å². The highest BCUT2D eigenvalue weighted by atomic mass is 35.5. The fraction of sp³-hybridized carbons (Fsp3) is 0.355. The number of alkyl halides is 3. The number of carbonyl (C=O) groups is 2. The number of hydrogen-bond donors (Lipinski definition) is 1. The Morgan fingerprint density at radius 2 is 1.52 bits per heavy atom. The highest BCUT2D eigenvalue weighted by Crippen LogP contribution is 2.34. The second kappa shape index (κ2) is 14.7. The number of aryl methyl sites for hydroxylation is 1. The molecular weight excluding hydrogens is 638 g/mol. The molecule has 2 atom stereocenters. The molecule has 0 aliphatic carbocycles. The van der Waals surface area contributed by atoms with Crippen molar-refractivity contribution < 1.29 is 31.2 Å². The average molecular weight is 673 g/mol. The number of carbonyl (C=O) groups excluding carboxylic acids is 2. The first kappa shape index (κ1) is 35.2. The molecule has 0 radical (unpaired) electrons. The molecule has 0 aliphatic heterocycles. The molecular formula is C31H34Cl2F3N3O4S. The summed E-state index contributed by atoms with van der Waals surface area (Å²) in [5, 5.41) is 3.28. The zero-order valence-electron chi connectivity index (χ0n) is 24.7. The van der Waals surface area contributed by atoms with E-state index in [4.69, 9.17) is 23.2 Å². The van der Waals surface area contributed by atoms with Gasteiger partial charge in [-0.2, -0.15) is 13.2 Å². The Balaban J connectivity index is 2.16. The van der Waals surface area contributed by atoms with Gasteiger partial charge in [0.25, 0.3) is 10.0 Å². The van der Waals surface area contributed by atoms with Gasteiger partial charge in [-0.1, -0.05) is 66.9 Å². The number of rotatable bonds is 12. The molecule has 0 saturated carbocycles. The van der Waals surface area contributed by atoms with E-state index in [0.717, 1.165) is 22.6 Å². The first-order valence-corrected chi connectivity index (χ1v) is 16.1. The third kappa shape index (κ3) is 8.46. The van der Waals surface area contributed by atoms with Gasteiger partial charge in [0.2, 0.25) is 11.8 Å². The molecule has 2 amide bonds. The summed E-state index contributed by atoms with van der Waals surface area (Å²) in [7, 11) is -4.56. The quantitative estimate of drug-likeness (QED) is 0.220. The van der Waals surface area contributed by atoms with Gasteiger partial charge in [-0.15, -0.1) is 0 Å². The van der Waals surface area contributed by atoms with Crippen LogP contribution in [0, 0.1) is 6.92 Å². The SMILES string of the molecule is CC[C@H](C)NC(=O)[C@H](CC)N(Cc1c(Cl)cccc1Cl)C(=O)CN(c1cccc(C(F)(F)F)c1)S(=O)(=O)c1ccc(C)cc1. The molecule has 7 nitrogen and oxygen atoms in total. The molecule has 13 heteroatoms. The van der Waals surface area contributed by atoms with Gasteiger partial charge in [-0.05, 0) is 69.2 Å². The molecule has 3 aromatic rings. The van der Waals surface area contributed by atoms with Crippen LogP contribution in [0.3, 0.4) is 0 Å². The van der Waals surface area contributed by atoms with Crippen molar-refractivity contribution >= 4 is 50.7 Å². The lowest BCUT2D eigenvalue weighted by Crippen LogP contribution is -2.53. The van der Waals surface area contributed by atoms with Gasteiger partial charge < -0.3 is 10.2 Å². The monoisotopic (exact) mass is 671 g/mol. The lowest BCUT2D eigenvalue weighted by atomic mass is 10.1. The van der Waals surface area contributed by atoms with E-state index in [9.17, 15) is 31.2 Å². The lowest BCUT2D eigenvalue weighted by Gasteiger charge is -2.34. The number of sulfonamides is 1. The molecule has 0 aromatic heterocycles. The van der Waals surface area contributed by atoms with E-state index in [2.05, 4.69) is 5.32 Å². The van der Waals surface area contributed by atoms with Gasteiger partial charge >= 0.3 is 6.18 Å². The van der Waals surface area contributed by atoms with Crippen molar-refractivity contribution in [3.63, 3.8) is 0 Å². The van der Waals surface area contributed by atoms with Crippen molar-refractivity contribution in [1.29, 1.82) is 0 Å².